The van der Waals surface area contributed by atoms with Crippen molar-refractivity contribution in [3.05, 3.63) is 5.01 Å². The van der Waals surface area contributed by atoms with Crippen molar-refractivity contribution in [3.63, 3.8) is 0 Å². The second kappa shape index (κ2) is 6.45. The second-order valence-corrected chi connectivity index (χ2v) is 5.95. The van der Waals surface area contributed by atoms with Crippen molar-refractivity contribution in [2.24, 2.45) is 5.92 Å². The van der Waals surface area contributed by atoms with E-state index < -0.39 is 0 Å². The molecule has 0 aliphatic carbocycles. The molecule has 2 rings (SSSR count). The number of likely N-dealkylation sites (tertiary alicyclic amines) is 1. The van der Waals surface area contributed by atoms with Crippen LogP contribution in [0.2, 0.25) is 0 Å². The van der Waals surface area contributed by atoms with Crippen LogP contribution in [0.5, 0.6) is 0 Å². The van der Waals surface area contributed by atoms with Gasteiger partial charge in [-0.2, -0.15) is 0 Å². The highest BCUT2D eigenvalue weighted by Crippen LogP contribution is 2.23. The number of anilines is 1. The standard InChI is InChI=1S/C12H22N4OS/c1-3-13-12-15-14-11(18-12)8-16-6-4-10(5-7-16)9(2)17/h9-10,17H,3-8H2,1-2H3,(H,13,15). The van der Waals surface area contributed by atoms with E-state index in [1.807, 2.05) is 6.92 Å². The molecule has 1 saturated heterocycles. The SMILES string of the molecule is CCNc1nnc(CN2CCC(C(C)O)CC2)s1. The molecule has 1 aliphatic rings. The average Bonchev–Trinajstić information content (AvgIpc) is 2.78. The number of nitrogens with one attached hydrogen (secondary N) is 1. The summed E-state index contributed by atoms with van der Waals surface area (Å²) in [6, 6.07) is 0. The molecule has 0 aromatic carbocycles. The Bertz CT molecular complexity index is 361. The van der Waals surface area contributed by atoms with Crippen LogP contribution in [0.4, 0.5) is 5.13 Å². The molecule has 1 aliphatic heterocycles. The number of aliphatic hydroxyl groups is 1. The monoisotopic (exact) mass is 270 g/mol. The summed E-state index contributed by atoms with van der Waals surface area (Å²) in [4.78, 5) is 2.40. The normalized spacial score (nSPS) is 19.9. The van der Waals surface area contributed by atoms with Crippen LogP contribution in [0.1, 0.15) is 31.7 Å². The van der Waals surface area contributed by atoms with Gasteiger partial charge in [-0.3, -0.25) is 4.90 Å². The van der Waals surface area contributed by atoms with Gasteiger partial charge < -0.3 is 10.4 Å². The third kappa shape index (κ3) is 3.63. The molecule has 6 heteroatoms. The van der Waals surface area contributed by atoms with Crippen LogP contribution < -0.4 is 5.32 Å². The molecule has 2 heterocycles. The van der Waals surface area contributed by atoms with Gasteiger partial charge in [-0.05, 0) is 45.7 Å². The first kappa shape index (κ1) is 13.7. The van der Waals surface area contributed by atoms with Crippen LogP contribution in [-0.4, -0.2) is 45.9 Å². The van der Waals surface area contributed by atoms with Gasteiger partial charge in [0.15, 0.2) is 0 Å². The smallest absolute Gasteiger partial charge is 0.205 e. The molecule has 5 nitrogen and oxygen atoms in total. The predicted octanol–water partition coefficient (Wildman–Crippen LogP) is 1.56. The Balaban J connectivity index is 1.80. The second-order valence-electron chi connectivity index (χ2n) is 4.89. The lowest BCUT2D eigenvalue weighted by molar-refractivity contribution is 0.0694. The maximum absolute atomic E-state index is 9.57. The van der Waals surface area contributed by atoms with Crippen molar-refractivity contribution in [2.75, 3.05) is 25.0 Å². The number of nitrogens with zero attached hydrogens (tertiary/aromatic N) is 3. The molecule has 102 valence electrons. The maximum atomic E-state index is 9.57. The molecule has 18 heavy (non-hydrogen) atoms. The predicted molar refractivity (Wildman–Crippen MR) is 73.8 cm³/mol. The van der Waals surface area contributed by atoms with Crippen LogP contribution in [0.25, 0.3) is 0 Å². The summed E-state index contributed by atoms with van der Waals surface area (Å²) in [6.07, 6.45) is 1.99. The molecule has 1 atom stereocenters. The molecule has 1 fully saturated rings. The van der Waals surface area contributed by atoms with Crippen molar-refractivity contribution in [1.29, 1.82) is 0 Å². The lowest BCUT2D eigenvalue weighted by Gasteiger charge is -2.32. The Morgan fingerprint density at radius 1 is 1.44 bits per heavy atom. The largest absolute Gasteiger partial charge is 0.393 e. The van der Waals surface area contributed by atoms with Crippen LogP contribution >= 0.6 is 11.3 Å². The van der Waals surface area contributed by atoms with E-state index in [0.29, 0.717) is 5.92 Å². The molecular formula is C12H22N4OS. The maximum Gasteiger partial charge on any atom is 0.205 e. The van der Waals surface area contributed by atoms with E-state index >= 15 is 0 Å². The fraction of sp³-hybridized carbons (Fsp3) is 0.833. The third-order valence-electron chi connectivity index (χ3n) is 3.47. The first-order valence-electron chi connectivity index (χ1n) is 6.65. The van der Waals surface area contributed by atoms with E-state index in [1.54, 1.807) is 11.3 Å². The Labute approximate surface area is 112 Å². The molecule has 0 saturated carbocycles. The molecule has 0 radical (unpaired) electrons. The fourth-order valence-corrected chi connectivity index (χ4v) is 3.18. The highest BCUT2D eigenvalue weighted by Gasteiger charge is 2.23. The zero-order valence-corrected chi connectivity index (χ0v) is 11.9. The van der Waals surface area contributed by atoms with Crippen LogP contribution in [-0.2, 0) is 6.54 Å². The fourth-order valence-electron chi connectivity index (χ4n) is 2.32. The minimum atomic E-state index is -0.172. The molecular weight excluding hydrogens is 248 g/mol. The topological polar surface area (TPSA) is 61.3 Å². The lowest BCUT2D eigenvalue weighted by Crippen LogP contribution is -2.36. The van der Waals surface area contributed by atoms with E-state index in [2.05, 4.69) is 27.3 Å². The van der Waals surface area contributed by atoms with Gasteiger partial charge in [-0.25, -0.2) is 0 Å². The number of hydrogen-bond acceptors (Lipinski definition) is 6. The molecule has 1 unspecified atom stereocenters. The summed E-state index contributed by atoms with van der Waals surface area (Å²) >= 11 is 1.63. The average molecular weight is 270 g/mol. The Hall–Kier alpha value is -0.720. The summed E-state index contributed by atoms with van der Waals surface area (Å²) in [6.45, 7) is 7.82. The number of hydrogen-bond donors (Lipinski definition) is 2. The lowest BCUT2D eigenvalue weighted by atomic mass is 9.92. The highest BCUT2D eigenvalue weighted by atomic mass is 32.1. The van der Waals surface area contributed by atoms with Gasteiger partial charge in [0.25, 0.3) is 0 Å². The molecule has 0 spiro atoms. The van der Waals surface area contributed by atoms with Crippen molar-refractivity contribution < 1.29 is 5.11 Å². The Morgan fingerprint density at radius 2 is 2.17 bits per heavy atom. The summed E-state index contributed by atoms with van der Waals surface area (Å²) in [5, 5.41) is 23.0. The zero-order chi connectivity index (χ0) is 13.0. The summed E-state index contributed by atoms with van der Waals surface area (Å²) in [7, 11) is 0. The van der Waals surface area contributed by atoms with Gasteiger partial charge in [0.2, 0.25) is 5.13 Å². The Morgan fingerprint density at radius 3 is 2.78 bits per heavy atom. The van der Waals surface area contributed by atoms with Crippen LogP contribution in [0.3, 0.4) is 0 Å². The van der Waals surface area contributed by atoms with E-state index in [0.717, 1.165) is 49.2 Å². The van der Waals surface area contributed by atoms with Gasteiger partial charge in [0.05, 0.1) is 12.6 Å². The molecule has 1 aromatic rings. The quantitative estimate of drug-likeness (QED) is 0.850. The van der Waals surface area contributed by atoms with Gasteiger partial charge in [-0.15, -0.1) is 10.2 Å². The highest BCUT2D eigenvalue weighted by molar-refractivity contribution is 7.15. The first-order valence-corrected chi connectivity index (χ1v) is 7.47. The van der Waals surface area contributed by atoms with Crippen molar-refractivity contribution in [2.45, 2.75) is 39.3 Å². The first-order chi connectivity index (χ1) is 8.69. The van der Waals surface area contributed by atoms with Gasteiger partial charge in [0, 0.05) is 6.54 Å². The van der Waals surface area contributed by atoms with Crippen molar-refractivity contribution >= 4 is 16.5 Å². The molecule has 2 N–H and O–H groups in total. The number of piperidine rings is 1. The van der Waals surface area contributed by atoms with E-state index in [4.69, 9.17) is 0 Å². The van der Waals surface area contributed by atoms with Gasteiger partial charge >= 0.3 is 0 Å². The zero-order valence-electron chi connectivity index (χ0n) is 11.1. The minimum absolute atomic E-state index is 0.172. The number of rotatable bonds is 5. The van der Waals surface area contributed by atoms with Gasteiger partial charge in [-0.1, -0.05) is 11.3 Å². The van der Waals surface area contributed by atoms with Crippen molar-refractivity contribution in [1.82, 2.24) is 15.1 Å². The number of aromatic nitrogens is 2. The Kier molecular flexibility index (Phi) is 4.91. The van der Waals surface area contributed by atoms with Crippen LogP contribution in [0, 0.1) is 5.92 Å². The summed E-state index contributed by atoms with van der Waals surface area (Å²) < 4.78 is 0. The van der Waals surface area contributed by atoms with Crippen LogP contribution in [0.15, 0.2) is 0 Å². The summed E-state index contributed by atoms with van der Waals surface area (Å²) in [5.41, 5.74) is 0. The molecule has 1 aromatic heterocycles. The van der Waals surface area contributed by atoms with E-state index in [-0.39, 0.29) is 6.10 Å². The molecule has 0 bridgehead atoms. The van der Waals surface area contributed by atoms with E-state index in [1.165, 1.54) is 0 Å². The molecule has 0 amide bonds. The summed E-state index contributed by atoms with van der Waals surface area (Å²) in [5.74, 6) is 0.466. The van der Waals surface area contributed by atoms with E-state index in [9.17, 15) is 5.11 Å². The van der Waals surface area contributed by atoms with Crippen molar-refractivity contribution in [3.8, 4) is 0 Å². The number of aliphatic hydroxyl groups excluding tert-OH is 1. The minimum Gasteiger partial charge on any atom is -0.393 e. The third-order valence-corrected chi connectivity index (χ3v) is 4.33. The van der Waals surface area contributed by atoms with Gasteiger partial charge in [0.1, 0.15) is 5.01 Å².